The molecule has 4 heteroatoms. The minimum absolute atomic E-state index is 0.0349. The van der Waals surface area contributed by atoms with E-state index in [9.17, 15) is 10.2 Å². The van der Waals surface area contributed by atoms with Crippen molar-refractivity contribution < 1.29 is 10.2 Å². The molecule has 1 aliphatic rings. The summed E-state index contributed by atoms with van der Waals surface area (Å²) in [5, 5.41) is 23.0. The molecular weight excluding hydrogens is 282 g/mol. The molecule has 3 N–H and O–H groups in total. The second-order valence-electron chi connectivity index (χ2n) is 5.32. The van der Waals surface area contributed by atoms with Gasteiger partial charge in [0.25, 0.3) is 0 Å². The summed E-state index contributed by atoms with van der Waals surface area (Å²) < 4.78 is 0. The van der Waals surface area contributed by atoms with Gasteiger partial charge in [-0.25, -0.2) is 0 Å². The molecule has 110 valence electrons. The van der Waals surface area contributed by atoms with Crippen LogP contribution in [0.15, 0.2) is 41.3 Å². The Bertz CT molecular complexity index is 657. The van der Waals surface area contributed by atoms with E-state index in [-0.39, 0.29) is 17.4 Å². The van der Waals surface area contributed by atoms with Crippen molar-refractivity contribution in [3.05, 3.63) is 53.1 Å². The van der Waals surface area contributed by atoms with Crippen molar-refractivity contribution in [1.82, 2.24) is 5.32 Å². The Balaban J connectivity index is 2.09. The van der Waals surface area contributed by atoms with Crippen molar-refractivity contribution in [2.24, 2.45) is 0 Å². The third kappa shape index (κ3) is 2.87. The molecule has 1 unspecified atom stereocenters. The summed E-state index contributed by atoms with van der Waals surface area (Å²) in [5.74, 6) is 0.120. The van der Waals surface area contributed by atoms with Crippen molar-refractivity contribution >= 4 is 11.8 Å². The number of rotatable bonds is 2. The number of thioether (sulfide) groups is 1. The minimum atomic E-state index is -0.0401. The van der Waals surface area contributed by atoms with Gasteiger partial charge in [-0.15, -0.1) is 11.8 Å². The normalized spacial score (nSPS) is 18.0. The molecular formula is C17H19NO2S. The van der Waals surface area contributed by atoms with Crippen molar-refractivity contribution in [3.8, 4) is 11.5 Å². The third-order valence-corrected chi connectivity index (χ3v) is 4.75. The summed E-state index contributed by atoms with van der Waals surface area (Å²) in [6.45, 7) is 1.73. The number of fused-ring (bicyclic) bond motifs is 1. The molecule has 0 amide bonds. The molecule has 0 saturated heterocycles. The van der Waals surface area contributed by atoms with Crippen molar-refractivity contribution in [2.75, 3.05) is 19.3 Å². The van der Waals surface area contributed by atoms with Gasteiger partial charge in [0, 0.05) is 17.4 Å². The summed E-state index contributed by atoms with van der Waals surface area (Å²) in [6.07, 6.45) is 2.93. The van der Waals surface area contributed by atoms with Crippen LogP contribution in [-0.4, -0.2) is 29.6 Å². The van der Waals surface area contributed by atoms with Crippen LogP contribution in [0.3, 0.4) is 0 Å². The quantitative estimate of drug-likeness (QED) is 0.589. The average Bonchev–Trinajstić information content (AvgIpc) is 2.70. The van der Waals surface area contributed by atoms with Crippen molar-refractivity contribution in [3.63, 3.8) is 0 Å². The molecule has 3 nitrogen and oxygen atoms in total. The fraction of sp³-hybridized carbons (Fsp3) is 0.294. The van der Waals surface area contributed by atoms with Gasteiger partial charge >= 0.3 is 0 Å². The van der Waals surface area contributed by atoms with Gasteiger partial charge in [0.2, 0.25) is 0 Å². The molecule has 0 aromatic heterocycles. The molecule has 21 heavy (non-hydrogen) atoms. The Morgan fingerprint density at radius 3 is 2.76 bits per heavy atom. The van der Waals surface area contributed by atoms with Gasteiger partial charge < -0.3 is 15.5 Å². The predicted octanol–water partition coefficient (Wildman–Crippen LogP) is 3.10. The SMILES string of the molecule is CSc1cccc(C2CNCCc3cc(O)c(O)cc32)c1. The van der Waals surface area contributed by atoms with Gasteiger partial charge in [-0.1, -0.05) is 12.1 Å². The van der Waals surface area contributed by atoms with Gasteiger partial charge in [-0.3, -0.25) is 0 Å². The number of phenolic OH excluding ortho intramolecular Hbond substituents is 2. The van der Waals surface area contributed by atoms with Crippen LogP contribution in [0.25, 0.3) is 0 Å². The molecule has 0 spiro atoms. The molecule has 1 heterocycles. The number of hydrogen-bond acceptors (Lipinski definition) is 4. The number of aromatic hydroxyl groups is 2. The van der Waals surface area contributed by atoms with Gasteiger partial charge in [0.15, 0.2) is 11.5 Å². The summed E-state index contributed by atoms with van der Waals surface area (Å²) >= 11 is 1.73. The third-order valence-electron chi connectivity index (χ3n) is 4.03. The lowest BCUT2D eigenvalue weighted by Crippen LogP contribution is -2.20. The molecule has 1 atom stereocenters. The van der Waals surface area contributed by atoms with Gasteiger partial charge in [0.1, 0.15) is 0 Å². The summed E-state index contributed by atoms with van der Waals surface area (Å²) in [6, 6.07) is 11.9. The van der Waals surface area contributed by atoms with Gasteiger partial charge in [0.05, 0.1) is 0 Å². The number of nitrogens with one attached hydrogen (secondary N) is 1. The number of hydrogen-bond donors (Lipinski definition) is 3. The standard InChI is InChI=1S/C17H19NO2S/c1-21-13-4-2-3-11(7-13)15-10-18-6-5-12-8-16(19)17(20)9-14(12)15/h2-4,7-9,15,18-20H,5-6,10H2,1H3. The van der Waals surface area contributed by atoms with Gasteiger partial charge in [-0.2, -0.15) is 0 Å². The molecule has 1 aliphatic heterocycles. The maximum absolute atomic E-state index is 9.86. The van der Waals surface area contributed by atoms with Crippen LogP contribution >= 0.6 is 11.8 Å². The van der Waals surface area contributed by atoms with E-state index in [4.69, 9.17) is 0 Å². The topological polar surface area (TPSA) is 52.5 Å². The highest BCUT2D eigenvalue weighted by Crippen LogP contribution is 2.36. The first-order valence-electron chi connectivity index (χ1n) is 7.08. The lowest BCUT2D eigenvalue weighted by Gasteiger charge is -2.19. The number of phenols is 2. The number of benzene rings is 2. The van der Waals surface area contributed by atoms with Crippen molar-refractivity contribution in [2.45, 2.75) is 17.2 Å². The molecule has 0 fully saturated rings. The predicted molar refractivity (Wildman–Crippen MR) is 86.4 cm³/mol. The zero-order valence-corrected chi connectivity index (χ0v) is 12.8. The molecule has 2 aromatic rings. The fourth-order valence-electron chi connectivity index (χ4n) is 2.91. The van der Waals surface area contributed by atoms with E-state index in [1.807, 2.05) is 0 Å². The van der Waals surface area contributed by atoms with Crippen LogP contribution in [0.1, 0.15) is 22.6 Å². The van der Waals surface area contributed by atoms with Crippen LogP contribution < -0.4 is 5.32 Å². The molecule has 0 bridgehead atoms. The van der Waals surface area contributed by atoms with Crippen molar-refractivity contribution in [1.29, 1.82) is 0 Å². The van der Waals surface area contributed by atoms with E-state index in [0.29, 0.717) is 0 Å². The van der Waals surface area contributed by atoms with E-state index < -0.39 is 0 Å². The van der Waals surface area contributed by atoms with Gasteiger partial charge in [-0.05, 0) is 60.2 Å². The fourth-order valence-corrected chi connectivity index (χ4v) is 3.38. The zero-order valence-electron chi connectivity index (χ0n) is 12.0. The van der Waals surface area contributed by atoms with E-state index >= 15 is 0 Å². The minimum Gasteiger partial charge on any atom is -0.504 e. The molecule has 0 saturated carbocycles. The van der Waals surface area contributed by atoms with E-state index in [1.165, 1.54) is 10.5 Å². The average molecular weight is 301 g/mol. The summed E-state index contributed by atoms with van der Waals surface area (Å²) in [7, 11) is 0. The lowest BCUT2D eigenvalue weighted by atomic mass is 9.88. The van der Waals surface area contributed by atoms with Crippen LogP contribution in [0, 0.1) is 0 Å². The Morgan fingerprint density at radius 2 is 1.95 bits per heavy atom. The first-order chi connectivity index (χ1) is 10.2. The van der Waals surface area contributed by atoms with Crippen LogP contribution in [-0.2, 0) is 6.42 Å². The zero-order chi connectivity index (χ0) is 14.8. The highest BCUT2D eigenvalue weighted by Gasteiger charge is 2.22. The smallest absolute Gasteiger partial charge is 0.157 e. The van der Waals surface area contributed by atoms with E-state index in [2.05, 4.69) is 35.8 Å². The first-order valence-corrected chi connectivity index (χ1v) is 8.31. The maximum atomic E-state index is 9.86. The Labute approximate surface area is 129 Å². The lowest BCUT2D eigenvalue weighted by molar-refractivity contribution is 0.402. The monoisotopic (exact) mass is 301 g/mol. The van der Waals surface area contributed by atoms with E-state index in [1.54, 1.807) is 23.9 Å². The molecule has 0 aliphatic carbocycles. The van der Waals surface area contributed by atoms with Crippen LogP contribution in [0.5, 0.6) is 11.5 Å². The summed E-state index contributed by atoms with van der Waals surface area (Å²) in [4.78, 5) is 1.24. The second-order valence-corrected chi connectivity index (χ2v) is 6.20. The summed E-state index contributed by atoms with van der Waals surface area (Å²) in [5.41, 5.74) is 3.45. The molecule has 3 rings (SSSR count). The largest absolute Gasteiger partial charge is 0.504 e. The molecule has 0 radical (unpaired) electrons. The second kappa shape index (κ2) is 6.00. The Kier molecular flexibility index (Phi) is 4.08. The molecule has 2 aromatic carbocycles. The van der Waals surface area contributed by atoms with Crippen LogP contribution in [0.2, 0.25) is 0 Å². The maximum Gasteiger partial charge on any atom is 0.157 e. The first kappa shape index (κ1) is 14.3. The Hall–Kier alpha value is -1.65. The van der Waals surface area contributed by atoms with Crippen LogP contribution in [0.4, 0.5) is 0 Å². The highest BCUT2D eigenvalue weighted by molar-refractivity contribution is 7.98. The highest BCUT2D eigenvalue weighted by atomic mass is 32.2. The van der Waals surface area contributed by atoms with E-state index in [0.717, 1.165) is 30.6 Å². The Morgan fingerprint density at radius 1 is 1.14 bits per heavy atom.